The van der Waals surface area contributed by atoms with E-state index in [-0.39, 0.29) is 11.6 Å². The molecule has 2 N–H and O–H groups in total. The van der Waals surface area contributed by atoms with Crippen molar-refractivity contribution in [1.82, 2.24) is 9.97 Å². The van der Waals surface area contributed by atoms with Crippen molar-refractivity contribution in [1.29, 1.82) is 0 Å². The number of carbonyl (C=O) groups excluding carboxylic acids is 1. The van der Waals surface area contributed by atoms with Crippen molar-refractivity contribution >= 4 is 34.7 Å². The summed E-state index contributed by atoms with van der Waals surface area (Å²) in [6.45, 7) is 5.86. The number of aryl methyl sites for hydroxylation is 3. The molecule has 0 aliphatic carbocycles. The number of nitrogens with one attached hydrogen (secondary N) is 2. The van der Waals surface area contributed by atoms with Crippen molar-refractivity contribution in [2.75, 3.05) is 10.6 Å². The topological polar surface area (TPSA) is 66.9 Å². The zero-order chi connectivity index (χ0) is 18.7. The summed E-state index contributed by atoms with van der Waals surface area (Å²) in [4.78, 5) is 20.9. The van der Waals surface area contributed by atoms with Gasteiger partial charge in [-0.05, 0) is 49.6 Å². The fraction of sp³-hybridized carbons (Fsp3) is 0.150. The zero-order valence-corrected chi connectivity index (χ0v) is 15.6. The highest BCUT2D eigenvalue weighted by atomic mass is 35.5. The van der Waals surface area contributed by atoms with Gasteiger partial charge in [-0.15, -0.1) is 0 Å². The molecule has 3 rings (SSSR count). The Hall–Kier alpha value is -2.92. The largest absolute Gasteiger partial charge is 0.339 e. The Labute approximate surface area is 157 Å². The van der Waals surface area contributed by atoms with E-state index in [1.807, 2.05) is 57.2 Å². The van der Waals surface area contributed by atoms with Gasteiger partial charge < -0.3 is 10.6 Å². The Balaban J connectivity index is 1.74. The van der Waals surface area contributed by atoms with E-state index in [0.717, 1.165) is 22.4 Å². The van der Waals surface area contributed by atoms with Gasteiger partial charge in [-0.25, -0.2) is 9.97 Å². The highest BCUT2D eigenvalue weighted by Crippen LogP contribution is 2.27. The van der Waals surface area contributed by atoms with Crippen LogP contribution in [0, 0.1) is 20.8 Å². The number of hydrogen-bond donors (Lipinski definition) is 2. The van der Waals surface area contributed by atoms with Crippen LogP contribution in [-0.2, 0) is 0 Å². The maximum Gasteiger partial charge on any atom is 0.275 e. The number of anilines is 3. The molecular weight excluding hydrogens is 348 g/mol. The normalized spacial score (nSPS) is 10.5. The van der Waals surface area contributed by atoms with E-state index >= 15 is 0 Å². The van der Waals surface area contributed by atoms with Crippen LogP contribution in [0.4, 0.5) is 17.2 Å². The van der Waals surface area contributed by atoms with E-state index in [2.05, 4.69) is 20.6 Å². The van der Waals surface area contributed by atoms with Gasteiger partial charge in [0.2, 0.25) is 0 Å². The van der Waals surface area contributed by atoms with Gasteiger partial charge in [0.1, 0.15) is 11.5 Å². The first-order valence-electron chi connectivity index (χ1n) is 8.17. The molecule has 0 radical (unpaired) electrons. The highest BCUT2D eigenvalue weighted by Gasteiger charge is 2.13. The minimum absolute atomic E-state index is 0.219. The monoisotopic (exact) mass is 366 g/mol. The number of hydrogen-bond acceptors (Lipinski definition) is 4. The van der Waals surface area contributed by atoms with Crippen LogP contribution in [0.15, 0.2) is 48.8 Å². The summed E-state index contributed by atoms with van der Waals surface area (Å²) in [5.41, 5.74) is 4.79. The molecule has 0 saturated carbocycles. The van der Waals surface area contributed by atoms with E-state index in [0.29, 0.717) is 16.5 Å². The molecule has 0 atom stereocenters. The van der Waals surface area contributed by atoms with Crippen LogP contribution >= 0.6 is 11.6 Å². The lowest BCUT2D eigenvalue weighted by atomic mass is 10.1. The molecule has 6 heteroatoms. The number of aromatic nitrogens is 2. The second kappa shape index (κ2) is 7.54. The fourth-order valence-corrected chi connectivity index (χ4v) is 2.98. The van der Waals surface area contributed by atoms with Crippen LogP contribution in [0.1, 0.15) is 27.2 Å². The van der Waals surface area contributed by atoms with Crippen molar-refractivity contribution in [3.05, 3.63) is 76.2 Å². The van der Waals surface area contributed by atoms with Crippen molar-refractivity contribution in [2.45, 2.75) is 20.8 Å². The lowest BCUT2D eigenvalue weighted by molar-refractivity contribution is 0.102. The average Bonchev–Trinajstić information content (AvgIpc) is 2.60. The molecule has 1 aromatic heterocycles. The number of carbonyl (C=O) groups is 1. The van der Waals surface area contributed by atoms with Gasteiger partial charge in [0.25, 0.3) is 5.91 Å². The van der Waals surface area contributed by atoms with Crippen LogP contribution < -0.4 is 10.6 Å². The minimum atomic E-state index is -0.353. The van der Waals surface area contributed by atoms with Gasteiger partial charge in [-0.1, -0.05) is 35.9 Å². The zero-order valence-electron chi connectivity index (χ0n) is 14.8. The Bertz CT molecular complexity index is 931. The molecule has 1 heterocycles. The molecule has 0 bridgehead atoms. The summed E-state index contributed by atoms with van der Waals surface area (Å²) in [5, 5.41) is 6.49. The summed E-state index contributed by atoms with van der Waals surface area (Å²) in [5.74, 6) is 0.217. The number of para-hydroxylation sites is 1. The third-order valence-electron chi connectivity index (χ3n) is 3.96. The summed E-state index contributed by atoms with van der Waals surface area (Å²) in [7, 11) is 0. The summed E-state index contributed by atoms with van der Waals surface area (Å²) >= 11 is 6.24. The summed E-state index contributed by atoms with van der Waals surface area (Å²) < 4.78 is 0. The van der Waals surface area contributed by atoms with Crippen molar-refractivity contribution < 1.29 is 4.79 Å². The van der Waals surface area contributed by atoms with Crippen LogP contribution in [-0.4, -0.2) is 15.9 Å². The van der Waals surface area contributed by atoms with Gasteiger partial charge in [0.05, 0.1) is 23.1 Å². The van der Waals surface area contributed by atoms with E-state index in [4.69, 9.17) is 11.6 Å². The van der Waals surface area contributed by atoms with Crippen LogP contribution in [0.3, 0.4) is 0 Å². The quantitative estimate of drug-likeness (QED) is 0.678. The van der Waals surface area contributed by atoms with Crippen LogP contribution in [0.25, 0.3) is 0 Å². The molecule has 5 nitrogen and oxygen atoms in total. The molecular formula is C20H19ClN4O. The van der Waals surface area contributed by atoms with Crippen LogP contribution in [0.2, 0.25) is 5.02 Å². The van der Waals surface area contributed by atoms with E-state index in [1.54, 1.807) is 0 Å². The molecule has 1 amide bonds. The third-order valence-corrected chi connectivity index (χ3v) is 4.26. The standard InChI is InChI=1S/C20H19ClN4O/c1-12-8-14(3)19(15(21)9-12)25-20(26)17-10-23-18(11-22-17)24-16-7-5-4-6-13(16)2/h4-11H,1-3H3,(H,23,24)(H,25,26). The first-order valence-corrected chi connectivity index (χ1v) is 8.54. The predicted molar refractivity (Wildman–Crippen MR) is 105 cm³/mol. The first kappa shape index (κ1) is 17.9. The van der Waals surface area contributed by atoms with E-state index in [1.165, 1.54) is 12.4 Å². The van der Waals surface area contributed by atoms with Gasteiger partial charge in [0, 0.05) is 5.69 Å². The second-order valence-corrected chi connectivity index (χ2v) is 6.53. The number of benzene rings is 2. The van der Waals surface area contributed by atoms with Gasteiger partial charge in [-0.2, -0.15) is 0 Å². The maximum absolute atomic E-state index is 12.4. The van der Waals surface area contributed by atoms with Crippen molar-refractivity contribution in [3.8, 4) is 0 Å². The van der Waals surface area contributed by atoms with E-state index in [9.17, 15) is 4.79 Å². The summed E-state index contributed by atoms with van der Waals surface area (Å²) in [6, 6.07) is 11.6. The predicted octanol–water partition coefficient (Wildman–Crippen LogP) is 5.05. The third kappa shape index (κ3) is 4.00. The Morgan fingerprint density at radius 2 is 1.77 bits per heavy atom. The number of rotatable bonds is 4. The molecule has 2 aromatic carbocycles. The summed E-state index contributed by atoms with van der Waals surface area (Å²) in [6.07, 6.45) is 2.97. The Morgan fingerprint density at radius 1 is 1.00 bits per heavy atom. The molecule has 26 heavy (non-hydrogen) atoms. The SMILES string of the molecule is Cc1cc(C)c(NC(=O)c2cnc(Nc3ccccc3C)cn2)c(Cl)c1. The van der Waals surface area contributed by atoms with Gasteiger partial charge in [-0.3, -0.25) is 4.79 Å². The molecule has 0 saturated heterocycles. The molecule has 0 spiro atoms. The maximum atomic E-state index is 12.4. The molecule has 0 fully saturated rings. The lowest BCUT2D eigenvalue weighted by Crippen LogP contribution is -2.15. The average molecular weight is 367 g/mol. The molecule has 132 valence electrons. The Morgan fingerprint density at radius 3 is 2.42 bits per heavy atom. The van der Waals surface area contributed by atoms with E-state index < -0.39 is 0 Å². The minimum Gasteiger partial charge on any atom is -0.339 e. The molecule has 0 aliphatic heterocycles. The molecule has 0 aliphatic rings. The van der Waals surface area contributed by atoms with Gasteiger partial charge >= 0.3 is 0 Å². The van der Waals surface area contributed by atoms with Crippen LogP contribution in [0.5, 0.6) is 0 Å². The lowest BCUT2D eigenvalue weighted by Gasteiger charge is -2.12. The highest BCUT2D eigenvalue weighted by molar-refractivity contribution is 6.34. The second-order valence-electron chi connectivity index (χ2n) is 6.12. The number of nitrogens with zero attached hydrogens (tertiary/aromatic N) is 2. The fourth-order valence-electron chi connectivity index (χ4n) is 2.61. The van der Waals surface area contributed by atoms with Crippen molar-refractivity contribution in [2.24, 2.45) is 0 Å². The van der Waals surface area contributed by atoms with Crippen molar-refractivity contribution in [3.63, 3.8) is 0 Å². The van der Waals surface area contributed by atoms with Gasteiger partial charge in [0.15, 0.2) is 0 Å². The molecule has 3 aromatic rings. The number of amides is 1. The molecule has 0 unspecified atom stereocenters. The smallest absolute Gasteiger partial charge is 0.275 e. The first-order chi connectivity index (χ1) is 12.4. The number of halogens is 1. The Kier molecular flexibility index (Phi) is 5.19.